The zero-order chi connectivity index (χ0) is 20.9. The molecular weight excluding hydrogens is 360 g/mol. The maximum absolute atomic E-state index is 12.6. The van der Waals surface area contributed by atoms with E-state index >= 15 is 0 Å². The molecule has 146 valence electrons. The summed E-state index contributed by atoms with van der Waals surface area (Å²) in [5.41, 5.74) is 1.71. The Balaban J connectivity index is 2.72. The molecule has 0 aliphatic carbocycles. The number of likely N-dealkylation sites (N-methyl/N-ethyl adjacent to an activating group) is 2. The van der Waals surface area contributed by atoms with Gasteiger partial charge in [0, 0.05) is 25.2 Å². The van der Waals surface area contributed by atoms with Gasteiger partial charge in [0.1, 0.15) is 11.3 Å². The number of amides is 2. The van der Waals surface area contributed by atoms with Gasteiger partial charge in [0.15, 0.2) is 5.11 Å². The number of benzene rings is 1. The molecule has 1 aliphatic rings. The van der Waals surface area contributed by atoms with Crippen LogP contribution < -0.4 is 0 Å². The highest BCUT2D eigenvalue weighted by atomic mass is 32.1. The molecule has 0 aromatic heterocycles. The van der Waals surface area contributed by atoms with E-state index in [0.29, 0.717) is 5.56 Å². The average Bonchev–Trinajstić information content (AvgIpc) is 2.54. The highest BCUT2D eigenvalue weighted by Crippen LogP contribution is 2.40. The fraction of sp³-hybridized carbons (Fsp3) is 0.476. The molecule has 0 atom stereocenters. The zero-order valence-corrected chi connectivity index (χ0v) is 18.1. The van der Waals surface area contributed by atoms with Crippen molar-refractivity contribution in [1.82, 2.24) is 9.80 Å². The number of phenolic OH excluding ortho intramolecular Hbond substituents is 1. The zero-order valence-electron chi connectivity index (χ0n) is 17.3. The third-order valence-corrected chi connectivity index (χ3v) is 5.25. The Hall–Kier alpha value is -2.21. The number of nitrogens with zero attached hydrogens (tertiary/aromatic N) is 2. The molecule has 1 saturated heterocycles. The molecule has 1 fully saturated rings. The molecule has 0 bridgehead atoms. The second kappa shape index (κ2) is 6.75. The van der Waals surface area contributed by atoms with Crippen LogP contribution in [0.2, 0.25) is 0 Å². The lowest BCUT2D eigenvalue weighted by Gasteiger charge is -2.32. The monoisotopic (exact) mass is 388 g/mol. The molecule has 1 heterocycles. The molecular formula is C21H28N2O3S. The van der Waals surface area contributed by atoms with Crippen LogP contribution in [0.1, 0.15) is 58.2 Å². The van der Waals surface area contributed by atoms with Gasteiger partial charge < -0.3 is 5.11 Å². The van der Waals surface area contributed by atoms with Gasteiger partial charge >= 0.3 is 0 Å². The van der Waals surface area contributed by atoms with Gasteiger partial charge in [0.2, 0.25) is 0 Å². The normalized spacial score (nSPS) is 16.3. The van der Waals surface area contributed by atoms with E-state index in [1.807, 2.05) is 53.7 Å². The standard InChI is InChI=1S/C21H28N2O3S/c1-20(2,3)14-10-12(11-15(16(14)24)21(4,5)6)9-13-17(25)22(7)19(27)23(8)18(13)26/h9-11,24H,1-8H3. The molecule has 2 rings (SSSR count). The predicted molar refractivity (Wildman–Crippen MR) is 112 cm³/mol. The summed E-state index contributed by atoms with van der Waals surface area (Å²) in [6.45, 7) is 12.1. The quantitative estimate of drug-likeness (QED) is 0.454. The number of phenols is 1. The highest BCUT2D eigenvalue weighted by Gasteiger charge is 2.35. The van der Waals surface area contributed by atoms with Crippen molar-refractivity contribution in [1.29, 1.82) is 0 Å². The number of aromatic hydroxyl groups is 1. The van der Waals surface area contributed by atoms with E-state index in [2.05, 4.69) is 0 Å². The molecule has 0 spiro atoms. The molecule has 27 heavy (non-hydrogen) atoms. The van der Waals surface area contributed by atoms with Gasteiger partial charge in [0.25, 0.3) is 11.8 Å². The summed E-state index contributed by atoms with van der Waals surface area (Å²) in [5.74, 6) is -0.592. The fourth-order valence-corrected chi connectivity index (χ4v) is 3.19. The van der Waals surface area contributed by atoms with Crippen molar-refractivity contribution in [3.63, 3.8) is 0 Å². The number of thiocarbonyl (C=S) groups is 1. The van der Waals surface area contributed by atoms with Gasteiger partial charge in [-0.05, 0) is 46.8 Å². The van der Waals surface area contributed by atoms with Crippen molar-refractivity contribution < 1.29 is 14.7 Å². The summed E-state index contributed by atoms with van der Waals surface area (Å²) >= 11 is 5.13. The molecule has 1 aromatic rings. The van der Waals surface area contributed by atoms with Crippen molar-refractivity contribution in [2.75, 3.05) is 14.1 Å². The first kappa shape index (κ1) is 21.1. The van der Waals surface area contributed by atoms with E-state index in [0.717, 1.165) is 11.1 Å². The molecule has 6 heteroatoms. The lowest BCUT2D eigenvalue weighted by molar-refractivity contribution is -0.132. The first-order valence-corrected chi connectivity index (χ1v) is 9.27. The SMILES string of the molecule is CN1C(=O)C(=Cc2cc(C(C)(C)C)c(O)c(C(C)(C)C)c2)C(=O)N(C)C1=S. The molecule has 0 radical (unpaired) electrons. The van der Waals surface area contributed by atoms with Gasteiger partial charge in [-0.25, -0.2) is 0 Å². The van der Waals surface area contributed by atoms with Crippen molar-refractivity contribution in [3.8, 4) is 5.75 Å². The van der Waals surface area contributed by atoms with Gasteiger partial charge in [-0.3, -0.25) is 19.4 Å². The highest BCUT2D eigenvalue weighted by molar-refractivity contribution is 7.80. The first-order chi connectivity index (χ1) is 12.2. The third-order valence-electron chi connectivity index (χ3n) is 4.70. The topological polar surface area (TPSA) is 60.9 Å². The molecule has 5 nitrogen and oxygen atoms in total. The van der Waals surface area contributed by atoms with Crippen LogP contribution in [0, 0.1) is 0 Å². The maximum atomic E-state index is 12.6. The number of carbonyl (C=O) groups excluding carboxylic acids is 2. The van der Waals surface area contributed by atoms with Gasteiger partial charge in [-0.1, -0.05) is 41.5 Å². The van der Waals surface area contributed by atoms with Crippen LogP contribution in [0.15, 0.2) is 17.7 Å². The lowest BCUT2D eigenvalue weighted by Crippen LogP contribution is -2.52. The lowest BCUT2D eigenvalue weighted by atomic mass is 9.78. The van der Waals surface area contributed by atoms with Crippen molar-refractivity contribution in [2.24, 2.45) is 0 Å². The smallest absolute Gasteiger partial charge is 0.265 e. The van der Waals surface area contributed by atoms with E-state index in [1.54, 1.807) is 20.2 Å². The summed E-state index contributed by atoms with van der Waals surface area (Å²) in [4.78, 5) is 27.8. The Morgan fingerprint density at radius 2 is 1.26 bits per heavy atom. The van der Waals surface area contributed by atoms with E-state index in [-0.39, 0.29) is 27.3 Å². The maximum Gasteiger partial charge on any atom is 0.265 e. The van der Waals surface area contributed by atoms with Crippen LogP contribution in [0.5, 0.6) is 5.75 Å². The van der Waals surface area contributed by atoms with Crippen LogP contribution in [0.25, 0.3) is 6.08 Å². The number of rotatable bonds is 1. The summed E-state index contributed by atoms with van der Waals surface area (Å²) < 4.78 is 0. The van der Waals surface area contributed by atoms with Gasteiger partial charge in [0.05, 0.1) is 0 Å². The van der Waals surface area contributed by atoms with Crippen molar-refractivity contribution in [2.45, 2.75) is 52.4 Å². The van der Waals surface area contributed by atoms with Crippen molar-refractivity contribution in [3.05, 3.63) is 34.4 Å². The number of hydrogen-bond donors (Lipinski definition) is 1. The first-order valence-electron chi connectivity index (χ1n) is 8.86. The van der Waals surface area contributed by atoms with Crippen LogP contribution in [-0.2, 0) is 20.4 Å². The molecule has 1 aliphatic heterocycles. The Kier molecular flexibility index (Phi) is 5.27. The van der Waals surface area contributed by atoms with Crippen LogP contribution >= 0.6 is 12.2 Å². The minimum Gasteiger partial charge on any atom is -0.507 e. The van der Waals surface area contributed by atoms with Crippen LogP contribution in [0.4, 0.5) is 0 Å². The van der Waals surface area contributed by atoms with E-state index in [1.165, 1.54) is 9.80 Å². The second-order valence-corrected chi connectivity index (χ2v) is 9.40. The fourth-order valence-electron chi connectivity index (χ4n) is 3.03. The third kappa shape index (κ3) is 3.90. The van der Waals surface area contributed by atoms with Gasteiger partial charge in [-0.15, -0.1) is 0 Å². The second-order valence-electron chi connectivity index (χ2n) is 9.03. The molecule has 2 amide bonds. The number of hydrogen-bond acceptors (Lipinski definition) is 4. The van der Waals surface area contributed by atoms with Crippen LogP contribution in [0.3, 0.4) is 0 Å². The average molecular weight is 389 g/mol. The van der Waals surface area contributed by atoms with E-state index < -0.39 is 11.8 Å². The Morgan fingerprint density at radius 3 is 1.59 bits per heavy atom. The minimum absolute atomic E-state index is 0.0546. The predicted octanol–water partition coefficient (Wildman–Crippen LogP) is 3.59. The molecule has 1 aromatic carbocycles. The molecule has 1 N–H and O–H groups in total. The van der Waals surface area contributed by atoms with Gasteiger partial charge in [-0.2, -0.15) is 0 Å². The van der Waals surface area contributed by atoms with Crippen molar-refractivity contribution >= 4 is 35.2 Å². The summed E-state index contributed by atoms with van der Waals surface area (Å²) in [7, 11) is 3.11. The van der Waals surface area contributed by atoms with Crippen LogP contribution in [-0.4, -0.2) is 45.9 Å². The Morgan fingerprint density at radius 1 is 0.889 bits per heavy atom. The Bertz CT molecular complexity index is 796. The van der Waals surface area contributed by atoms with E-state index in [4.69, 9.17) is 12.2 Å². The summed E-state index contributed by atoms with van der Waals surface area (Å²) in [6.07, 6.45) is 1.59. The van der Waals surface area contributed by atoms with E-state index in [9.17, 15) is 14.7 Å². The summed E-state index contributed by atoms with van der Waals surface area (Å²) in [5, 5.41) is 11.0. The summed E-state index contributed by atoms with van der Waals surface area (Å²) in [6, 6.07) is 3.68. The molecule has 0 saturated carbocycles. The Labute approximate surface area is 166 Å². The minimum atomic E-state index is -0.425. The molecule has 0 unspecified atom stereocenters. The number of carbonyl (C=O) groups is 2. The largest absolute Gasteiger partial charge is 0.507 e.